The van der Waals surface area contributed by atoms with Gasteiger partial charge in [0.15, 0.2) is 0 Å². The first-order valence-corrected chi connectivity index (χ1v) is 6.72. The van der Waals surface area contributed by atoms with Gasteiger partial charge in [-0.25, -0.2) is 8.78 Å². The SMILES string of the molecule is COCCC(C)C(=O)NCC(C)(O)c1ccc(F)cc1F. The number of hydrogen-bond acceptors (Lipinski definition) is 3. The number of benzene rings is 1. The highest BCUT2D eigenvalue weighted by Gasteiger charge is 2.28. The Bertz CT molecular complexity index is 492. The fourth-order valence-electron chi connectivity index (χ4n) is 1.88. The second-order valence-corrected chi connectivity index (χ2v) is 5.30. The molecule has 0 fully saturated rings. The molecule has 0 bridgehead atoms. The number of carbonyl (C=O) groups is 1. The van der Waals surface area contributed by atoms with Gasteiger partial charge in [-0.15, -0.1) is 0 Å². The van der Waals surface area contributed by atoms with E-state index in [9.17, 15) is 18.7 Å². The van der Waals surface area contributed by atoms with Gasteiger partial charge in [0.2, 0.25) is 5.91 Å². The normalized spacial score (nSPS) is 15.3. The maximum absolute atomic E-state index is 13.7. The third kappa shape index (κ3) is 5.06. The first-order valence-electron chi connectivity index (χ1n) is 6.72. The van der Waals surface area contributed by atoms with Crippen LogP contribution in [0.2, 0.25) is 0 Å². The average Bonchev–Trinajstić information content (AvgIpc) is 2.41. The van der Waals surface area contributed by atoms with E-state index >= 15 is 0 Å². The zero-order valence-electron chi connectivity index (χ0n) is 12.5. The van der Waals surface area contributed by atoms with Gasteiger partial charge in [0, 0.05) is 31.3 Å². The molecule has 4 nitrogen and oxygen atoms in total. The molecule has 1 rings (SSSR count). The van der Waals surface area contributed by atoms with Gasteiger partial charge in [-0.05, 0) is 19.4 Å². The van der Waals surface area contributed by atoms with Crippen LogP contribution in [0.4, 0.5) is 8.78 Å². The number of hydrogen-bond donors (Lipinski definition) is 2. The van der Waals surface area contributed by atoms with E-state index in [1.165, 1.54) is 13.0 Å². The number of carbonyl (C=O) groups excluding carboxylic acids is 1. The summed E-state index contributed by atoms with van der Waals surface area (Å²) in [5.74, 6) is -2.10. The van der Waals surface area contributed by atoms with Crippen LogP contribution in [-0.4, -0.2) is 31.3 Å². The molecule has 1 amide bonds. The number of halogens is 2. The summed E-state index contributed by atoms with van der Waals surface area (Å²) in [6.45, 7) is 3.40. The summed E-state index contributed by atoms with van der Waals surface area (Å²) in [7, 11) is 1.55. The van der Waals surface area contributed by atoms with Crippen molar-refractivity contribution >= 4 is 5.91 Å². The Morgan fingerprint density at radius 1 is 1.48 bits per heavy atom. The molecule has 0 spiro atoms. The van der Waals surface area contributed by atoms with E-state index in [-0.39, 0.29) is 23.9 Å². The summed E-state index contributed by atoms with van der Waals surface area (Å²) in [5, 5.41) is 12.8. The van der Waals surface area contributed by atoms with E-state index < -0.39 is 17.2 Å². The van der Waals surface area contributed by atoms with Crippen LogP contribution >= 0.6 is 0 Å². The first kappa shape index (κ1) is 17.5. The smallest absolute Gasteiger partial charge is 0.223 e. The predicted octanol–water partition coefficient (Wildman–Crippen LogP) is 1.96. The molecule has 2 unspecified atom stereocenters. The minimum atomic E-state index is -1.62. The lowest BCUT2D eigenvalue weighted by Crippen LogP contribution is -2.41. The Balaban J connectivity index is 2.66. The van der Waals surface area contributed by atoms with Crippen LogP contribution in [0.1, 0.15) is 25.8 Å². The third-order valence-electron chi connectivity index (χ3n) is 3.32. The van der Waals surface area contributed by atoms with Crippen molar-refractivity contribution in [1.29, 1.82) is 0 Å². The van der Waals surface area contributed by atoms with Gasteiger partial charge in [0.05, 0.1) is 6.54 Å². The Morgan fingerprint density at radius 3 is 2.71 bits per heavy atom. The standard InChI is InChI=1S/C15H21F2NO3/c1-10(6-7-21-3)14(19)18-9-15(2,20)12-5-4-11(16)8-13(12)17/h4-5,8,10,20H,6-7,9H2,1-3H3,(H,18,19). The van der Waals surface area contributed by atoms with Crippen molar-refractivity contribution in [3.63, 3.8) is 0 Å². The van der Waals surface area contributed by atoms with Crippen LogP contribution < -0.4 is 5.32 Å². The molecule has 0 aliphatic rings. The van der Waals surface area contributed by atoms with E-state index in [1.807, 2.05) is 0 Å². The molecule has 118 valence electrons. The van der Waals surface area contributed by atoms with E-state index in [0.29, 0.717) is 19.1 Å². The van der Waals surface area contributed by atoms with Gasteiger partial charge in [-0.1, -0.05) is 13.0 Å². The highest BCUT2D eigenvalue weighted by Crippen LogP contribution is 2.23. The van der Waals surface area contributed by atoms with Crippen LogP contribution in [0.25, 0.3) is 0 Å². The topological polar surface area (TPSA) is 58.6 Å². The lowest BCUT2D eigenvalue weighted by atomic mass is 9.95. The van der Waals surface area contributed by atoms with E-state index in [0.717, 1.165) is 6.07 Å². The van der Waals surface area contributed by atoms with Gasteiger partial charge < -0.3 is 15.2 Å². The second kappa shape index (κ2) is 7.47. The van der Waals surface area contributed by atoms with Crippen molar-refractivity contribution in [2.75, 3.05) is 20.3 Å². The number of aliphatic hydroxyl groups is 1. The summed E-state index contributed by atoms with van der Waals surface area (Å²) in [6.07, 6.45) is 0.551. The van der Waals surface area contributed by atoms with Crippen molar-refractivity contribution in [3.8, 4) is 0 Å². The minimum absolute atomic E-state index is 0.0613. The molecule has 2 N–H and O–H groups in total. The molecule has 0 aliphatic carbocycles. The van der Waals surface area contributed by atoms with E-state index in [2.05, 4.69) is 5.32 Å². The summed E-state index contributed by atoms with van der Waals surface area (Å²) in [6, 6.07) is 2.94. The largest absolute Gasteiger partial charge is 0.385 e. The monoisotopic (exact) mass is 301 g/mol. The Morgan fingerprint density at radius 2 is 2.14 bits per heavy atom. The summed E-state index contributed by atoms with van der Waals surface area (Å²) in [5.41, 5.74) is -1.68. The van der Waals surface area contributed by atoms with Crippen LogP contribution in [-0.2, 0) is 15.1 Å². The lowest BCUT2D eigenvalue weighted by Gasteiger charge is -2.25. The Kier molecular flexibility index (Phi) is 6.23. The van der Waals surface area contributed by atoms with E-state index in [1.54, 1.807) is 14.0 Å². The molecule has 0 aliphatic heterocycles. The van der Waals surface area contributed by atoms with Crippen molar-refractivity contribution in [3.05, 3.63) is 35.4 Å². The molecule has 0 aromatic heterocycles. The number of rotatable bonds is 7. The molecule has 2 atom stereocenters. The number of nitrogens with one attached hydrogen (secondary N) is 1. The maximum atomic E-state index is 13.7. The minimum Gasteiger partial charge on any atom is -0.385 e. The van der Waals surface area contributed by atoms with Crippen LogP contribution in [0.3, 0.4) is 0 Å². The van der Waals surface area contributed by atoms with Crippen molar-refractivity contribution < 1.29 is 23.4 Å². The molecule has 1 aromatic rings. The third-order valence-corrected chi connectivity index (χ3v) is 3.32. The molecular weight excluding hydrogens is 280 g/mol. The Labute approximate surface area is 123 Å². The quantitative estimate of drug-likeness (QED) is 0.809. The fourth-order valence-corrected chi connectivity index (χ4v) is 1.88. The average molecular weight is 301 g/mol. The molecule has 0 heterocycles. The molecule has 0 saturated carbocycles. The predicted molar refractivity (Wildman–Crippen MR) is 74.6 cm³/mol. The van der Waals surface area contributed by atoms with Gasteiger partial charge >= 0.3 is 0 Å². The summed E-state index contributed by atoms with van der Waals surface area (Å²) < 4.78 is 31.4. The second-order valence-electron chi connectivity index (χ2n) is 5.30. The van der Waals surface area contributed by atoms with Gasteiger partial charge in [-0.2, -0.15) is 0 Å². The van der Waals surface area contributed by atoms with Crippen LogP contribution in [0.5, 0.6) is 0 Å². The van der Waals surface area contributed by atoms with Crippen LogP contribution in [0, 0.1) is 17.6 Å². The molecule has 1 aromatic carbocycles. The molecule has 6 heteroatoms. The molecule has 0 radical (unpaired) electrons. The van der Waals surface area contributed by atoms with E-state index in [4.69, 9.17) is 4.74 Å². The summed E-state index contributed by atoms with van der Waals surface area (Å²) in [4.78, 5) is 11.8. The van der Waals surface area contributed by atoms with Crippen molar-refractivity contribution in [1.82, 2.24) is 5.32 Å². The Hall–Kier alpha value is -1.53. The zero-order valence-corrected chi connectivity index (χ0v) is 12.5. The lowest BCUT2D eigenvalue weighted by molar-refractivity contribution is -0.126. The maximum Gasteiger partial charge on any atom is 0.223 e. The zero-order chi connectivity index (χ0) is 16.0. The highest BCUT2D eigenvalue weighted by molar-refractivity contribution is 5.78. The number of amides is 1. The fraction of sp³-hybridized carbons (Fsp3) is 0.533. The summed E-state index contributed by atoms with van der Waals surface area (Å²) >= 11 is 0. The first-order chi connectivity index (χ1) is 9.77. The highest BCUT2D eigenvalue weighted by atomic mass is 19.1. The number of methoxy groups -OCH3 is 1. The van der Waals surface area contributed by atoms with Gasteiger partial charge in [0.25, 0.3) is 0 Å². The van der Waals surface area contributed by atoms with Crippen molar-refractivity contribution in [2.24, 2.45) is 5.92 Å². The molecule has 0 saturated heterocycles. The molecule has 21 heavy (non-hydrogen) atoms. The molecular formula is C15H21F2NO3. The van der Waals surface area contributed by atoms with Crippen LogP contribution in [0.15, 0.2) is 18.2 Å². The number of ether oxygens (including phenoxy) is 1. The van der Waals surface area contributed by atoms with Gasteiger partial charge in [0.1, 0.15) is 17.2 Å². The van der Waals surface area contributed by atoms with Crippen molar-refractivity contribution in [2.45, 2.75) is 25.9 Å². The van der Waals surface area contributed by atoms with Gasteiger partial charge in [-0.3, -0.25) is 4.79 Å².